The number of carbonyl (C=O) groups is 2. The monoisotopic (exact) mass is 325 g/mol. The van der Waals surface area contributed by atoms with Gasteiger partial charge in [0, 0.05) is 5.69 Å². The van der Waals surface area contributed by atoms with Gasteiger partial charge in [0.05, 0.1) is 5.92 Å². The van der Waals surface area contributed by atoms with Crippen molar-refractivity contribution in [1.82, 2.24) is 0 Å². The number of carbonyl (C=O) groups excluding carboxylic acids is 2. The van der Waals surface area contributed by atoms with Crippen LogP contribution in [-0.2, 0) is 14.3 Å². The summed E-state index contributed by atoms with van der Waals surface area (Å²) in [6.07, 6.45) is 0.626. The third-order valence-corrected chi connectivity index (χ3v) is 3.99. The minimum atomic E-state index is -0.375. The molecule has 126 valence electrons. The molecule has 2 aromatic carbocycles. The predicted molar refractivity (Wildman–Crippen MR) is 95.0 cm³/mol. The van der Waals surface area contributed by atoms with Crippen molar-refractivity contribution in [2.24, 2.45) is 0 Å². The van der Waals surface area contributed by atoms with Gasteiger partial charge in [-0.2, -0.15) is 0 Å². The zero-order chi connectivity index (χ0) is 17.5. The molecule has 4 heteroatoms. The number of hydrogen-bond donors (Lipinski definition) is 1. The number of esters is 1. The summed E-state index contributed by atoms with van der Waals surface area (Å²) in [6.45, 7) is 5.50. The van der Waals surface area contributed by atoms with Crippen LogP contribution in [0.15, 0.2) is 48.5 Å². The number of nitrogens with one attached hydrogen (secondary N) is 1. The molecule has 0 unspecified atom stereocenters. The number of benzene rings is 2. The Kier molecular flexibility index (Phi) is 6.13. The Morgan fingerprint density at radius 1 is 1.00 bits per heavy atom. The molecule has 0 saturated heterocycles. The van der Waals surface area contributed by atoms with Gasteiger partial charge in [-0.3, -0.25) is 9.59 Å². The Balaban J connectivity index is 1.94. The summed E-state index contributed by atoms with van der Waals surface area (Å²) in [5.41, 5.74) is 3.63. The van der Waals surface area contributed by atoms with E-state index in [1.54, 1.807) is 0 Å². The molecule has 2 aromatic rings. The first-order valence-electron chi connectivity index (χ1n) is 8.10. The van der Waals surface area contributed by atoms with Crippen molar-refractivity contribution in [2.75, 3.05) is 11.9 Å². The second-order valence-electron chi connectivity index (χ2n) is 5.79. The first-order valence-corrected chi connectivity index (χ1v) is 8.10. The molecule has 1 N–H and O–H groups in total. The van der Waals surface area contributed by atoms with E-state index in [0.29, 0.717) is 6.42 Å². The highest BCUT2D eigenvalue weighted by Gasteiger charge is 2.21. The fraction of sp³-hybridized carbons (Fsp3) is 0.300. The Hall–Kier alpha value is -2.62. The van der Waals surface area contributed by atoms with Crippen molar-refractivity contribution in [3.63, 3.8) is 0 Å². The van der Waals surface area contributed by atoms with Crippen molar-refractivity contribution in [2.45, 2.75) is 33.1 Å². The van der Waals surface area contributed by atoms with E-state index in [9.17, 15) is 9.59 Å². The quantitative estimate of drug-likeness (QED) is 0.817. The molecule has 0 aromatic heterocycles. The summed E-state index contributed by atoms with van der Waals surface area (Å²) in [6, 6.07) is 15.3. The molecule has 0 heterocycles. The van der Waals surface area contributed by atoms with E-state index in [0.717, 1.165) is 22.4 Å². The maximum atomic E-state index is 12.3. The van der Waals surface area contributed by atoms with Gasteiger partial charge in [0.2, 0.25) is 0 Å². The summed E-state index contributed by atoms with van der Waals surface area (Å²) in [4.78, 5) is 24.3. The predicted octanol–water partition coefficient (Wildman–Crippen LogP) is 3.98. The summed E-state index contributed by atoms with van der Waals surface area (Å²) in [5, 5.41) is 2.81. The molecular weight excluding hydrogens is 302 g/mol. The molecule has 2 rings (SSSR count). The third-order valence-electron chi connectivity index (χ3n) is 3.99. The lowest BCUT2D eigenvalue weighted by Crippen LogP contribution is -2.24. The highest BCUT2D eigenvalue weighted by Crippen LogP contribution is 2.21. The van der Waals surface area contributed by atoms with Crippen molar-refractivity contribution in [3.8, 4) is 0 Å². The van der Waals surface area contributed by atoms with Crippen LogP contribution in [0.25, 0.3) is 0 Å². The van der Waals surface area contributed by atoms with Crippen molar-refractivity contribution in [1.29, 1.82) is 0 Å². The number of amides is 1. The van der Waals surface area contributed by atoms with Crippen molar-refractivity contribution < 1.29 is 14.3 Å². The largest absolute Gasteiger partial charge is 0.455 e. The molecule has 4 nitrogen and oxygen atoms in total. The molecule has 0 aliphatic rings. The Labute approximate surface area is 142 Å². The molecule has 0 bridgehead atoms. The Bertz CT molecular complexity index is 690. The SMILES string of the molecule is CC[C@@H](C(=O)OCC(=O)Nc1c(C)cccc1C)c1ccccc1. The normalized spacial score (nSPS) is 11.6. The molecule has 0 spiro atoms. The van der Waals surface area contributed by atoms with Gasteiger partial charge in [-0.1, -0.05) is 55.5 Å². The van der Waals surface area contributed by atoms with Crippen LogP contribution in [0, 0.1) is 13.8 Å². The second kappa shape index (κ2) is 8.29. The van der Waals surface area contributed by atoms with Gasteiger partial charge in [0.15, 0.2) is 6.61 Å². The van der Waals surface area contributed by atoms with Crippen LogP contribution in [-0.4, -0.2) is 18.5 Å². The van der Waals surface area contributed by atoms with Gasteiger partial charge < -0.3 is 10.1 Å². The standard InChI is InChI=1S/C20H23NO3/c1-4-17(16-11-6-5-7-12-16)20(23)24-13-18(22)21-19-14(2)9-8-10-15(19)3/h5-12,17H,4,13H2,1-3H3,(H,21,22)/t17-/m1/s1. The lowest BCUT2D eigenvalue weighted by atomic mass is 9.97. The minimum absolute atomic E-state index is 0.282. The molecular formula is C20H23NO3. The third kappa shape index (κ3) is 4.44. The molecule has 0 aliphatic heterocycles. The molecule has 1 amide bonds. The van der Waals surface area contributed by atoms with Gasteiger partial charge >= 0.3 is 5.97 Å². The summed E-state index contributed by atoms with van der Waals surface area (Å²) >= 11 is 0. The maximum absolute atomic E-state index is 12.3. The number of hydrogen-bond acceptors (Lipinski definition) is 3. The van der Waals surface area contributed by atoms with E-state index < -0.39 is 0 Å². The van der Waals surface area contributed by atoms with Crippen molar-refractivity contribution >= 4 is 17.6 Å². The van der Waals surface area contributed by atoms with E-state index >= 15 is 0 Å². The van der Waals surface area contributed by atoms with Crippen LogP contribution < -0.4 is 5.32 Å². The first kappa shape index (κ1) is 17.7. The van der Waals surface area contributed by atoms with Crippen LogP contribution in [0.4, 0.5) is 5.69 Å². The van der Waals surface area contributed by atoms with Crippen LogP contribution in [0.5, 0.6) is 0 Å². The molecule has 0 aliphatic carbocycles. The highest BCUT2D eigenvalue weighted by molar-refractivity contribution is 5.94. The second-order valence-corrected chi connectivity index (χ2v) is 5.79. The van der Waals surface area contributed by atoms with E-state index in [4.69, 9.17) is 4.74 Å². The van der Waals surface area contributed by atoms with E-state index in [1.807, 2.05) is 69.3 Å². The highest BCUT2D eigenvalue weighted by atomic mass is 16.5. The average Bonchev–Trinajstić information content (AvgIpc) is 2.58. The van der Waals surface area contributed by atoms with Gasteiger partial charge in [-0.25, -0.2) is 0 Å². The Morgan fingerprint density at radius 2 is 1.62 bits per heavy atom. The number of aryl methyl sites for hydroxylation is 2. The lowest BCUT2D eigenvalue weighted by molar-refractivity contribution is -0.149. The average molecular weight is 325 g/mol. The minimum Gasteiger partial charge on any atom is -0.455 e. The first-order chi connectivity index (χ1) is 11.5. The zero-order valence-corrected chi connectivity index (χ0v) is 14.3. The number of anilines is 1. The van der Waals surface area contributed by atoms with Crippen molar-refractivity contribution in [3.05, 3.63) is 65.2 Å². The molecule has 0 saturated carbocycles. The summed E-state index contributed by atoms with van der Waals surface area (Å²) < 4.78 is 5.21. The Morgan fingerprint density at radius 3 is 2.21 bits per heavy atom. The van der Waals surface area contributed by atoms with Gasteiger partial charge in [0.25, 0.3) is 5.91 Å². The lowest BCUT2D eigenvalue weighted by Gasteiger charge is -2.15. The molecule has 1 atom stereocenters. The van der Waals surface area contributed by atoms with E-state index in [-0.39, 0.29) is 24.4 Å². The van der Waals surface area contributed by atoms with Crippen LogP contribution >= 0.6 is 0 Å². The maximum Gasteiger partial charge on any atom is 0.313 e. The van der Waals surface area contributed by atoms with Gasteiger partial charge in [-0.15, -0.1) is 0 Å². The van der Waals surface area contributed by atoms with Crippen LogP contribution in [0.3, 0.4) is 0 Å². The summed E-state index contributed by atoms with van der Waals surface area (Å²) in [7, 11) is 0. The zero-order valence-electron chi connectivity index (χ0n) is 14.3. The number of para-hydroxylation sites is 1. The fourth-order valence-electron chi connectivity index (χ4n) is 2.65. The topological polar surface area (TPSA) is 55.4 Å². The molecule has 0 radical (unpaired) electrons. The van der Waals surface area contributed by atoms with Gasteiger partial charge in [-0.05, 0) is 37.0 Å². The van der Waals surface area contributed by atoms with Gasteiger partial charge in [0.1, 0.15) is 0 Å². The smallest absolute Gasteiger partial charge is 0.313 e. The number of rotatable bonds is 6. The van der Waals surface area contributed by atoms with Crippen LogP contribution in [0.1, 0.15) is 36.0 Å². The number of ether oxygens (including phenoxy) is 1. The van der Waals surface area contributed by atoms with Crippen LogP contribution in [0.2, 0.25) is 0 Å². The van der Waals surface area contributed by atoms with E-state index in [2.05, 4.69) is 5.32 Å². The molecule has 0 fully saturated rings. The summed E-state index contributed by atoms with van der Waals surface area (Å²) in [5.74, 6) is -1.05. The molecule has 24 heavy (non-hydrogen) atoms. The fourth-order valence-corrected chi connectivity index (χ4v) is 2.65. The van der Waals surface area contributed by atoms with E-state index in [1.165, 1.54) is 0 Å².